The lowest BCUT2D eigenvalue weighted by molar-refractivity contribution is -0.123. The van der Waals surface area contributed by atoms with Crippen LogP contribution in [-0.2, 0) is 4.79 Å². The predicted molar refractivity (Wildman–Crippen MR) is 107 cm³/mol. The van der Waals surface area contributed by atoms with Crippen LogP contribution in [0.4, 0.5) is 0 Å². The molecule has 0 aliphatic carbocycles. The summed E-state index contributed by atoms with van der Waals surface area (Å²) < 4.78 is 5.97. The fraction of sp³-hybridized carbons (Fsp3) is 0.0625. The molecule has 10 heteroatoms. The van der Waals surface area contributed by atoms with Crippen molar-refractivity contribution in [1.29, 1.82) is 0 Å². The Morgan fingerprint density at radius 2 is 1.69 bits per heavy atom. The third-order valence-electron chi connectivity index (χ3n) is 2.90. The van der Waals surface area contributed by atoms with Crippen LogP contribution in [0.15, 0.2) is 46.9 Å². The first-order valence-corrected chi connectivity index (χ1v) is 9.04. The Labute approximate surface area is 173 Å². The summed E-state index contributed by atoms with van der Waals surface area (Å²) in [6.07, 6.45) is 0. The summed E-state index contributed by atoms with van der Waals surface area (Å²) in [6, 6.07) is 11.2. The minimum absolute atomic E-state index is 0.0639. The molecule has 0 aliphatic heterocycles. The molecule has 0 fully saturated rings. The number of hydrogen-bond acceptors (Lipinski definition) is 4. The maximum absolute atomic E-state index is 12.0. The van der Waals surface area contributed by atoms with E-state index < -0.39 is 11.8 Å². The molecule has 0 aliphatic rings. The highest BCUT2D eigenvalue weighted by Crippen LogP contribution is 2.27. The van der Waals surface area contributed by atoms with Gasteiger partial charge in [-0.15, -0.1) is 0 Å². The van der Waals surface area contributed by atoms with E-state index in [-0.39, 0.29) is 11.7 Å². The molecule has 2 aromatic carbocycles. The zero-order valence-electron chi connectivity index (χ0n) is 13.0. The number of amides is 2. The third-order valence-corrected chi connectivity index (χ3v) is 4.21. The van der Waals surface area contributed by atoms with Gasteiger partial charge < -0.3 is 4.74 Å². The van der Waals surface area contributed by atoms with Gasteiger partial charge in [-0.1, -0.05) is 23.2 Å². The largest absolute Gasteiger partial charge is 0.483 e. The van der Waals surface area contributed by atoms with Crippen molar-refractivity contribution in [1.82, 2.24) is 16.2 Å². The van der Waals surface area contributed by atoms with Gasteiger partial charge in [-0.05, 0) is 70.6 Å². The zero-order valence-corrected chi connectivity index (χ0v) is 16.9. The topological polar surface area (TPSA) is 79.5 Å². The average molecular weight is 477 g/mol. The first kappa shape index (κ1) is 20.4. The highest BCUT2D eigenvalue weighted by Gasteiger charge is 2.09. The van der Waals surface area contributed by atoms with Crippen molar-refractivity contribution in [3.8, 4) is 5.75 Å². The molecule has 0 saturated heterocycles. The van der Waals surface area contributed by atoms with Crippen LogP contribution < -0.4 is 20.9 Å². The first-order chi connectivity index (χ1) is 12.3. The van der Waals surface area contributed by atoms with Crippen LogP contribution in [-0.4, -0.2) is 23.5 Å². The van der Waals surface area contributed by atoms with Crippen LogP contribution in [0.3, 0.4) is 0 Å². The lowest BCUT2D eigenvalue weighted by Crippen LogP contribution is -2.49. The smallest absolute Gasteiger partial charge is 0.276 e. The van der Waals surface area contributed by atoms with Crippen molar-refractivity contribution in [2.24, 2.45) is 0 Å². The number of thiocarbonyl (C=S) groups is 1. The standard InChI is InChI=1S/C16H12BrCl2N3O3S/c17-12-7-11(19)5-6-13(12)25-8-14(23)21-22-16(26)20-15(24)9-1-3-10(18)4-2-9/h1-7H,8H2,(H,21,23)(H2,20,22,24,26). The van der Waals surface area contributed by atoms with E-state index in [0.717, 1.165) is 0 Å². The van der Waals surface area contributed by atoms with Crippen LogP contribution in [0, 0.1) is 0 Å². The number of benzene rings is 2. The number of hydrazine groups is 1. The summed E-state index contributed by atoms with van der Waals surface area (Å²) in [6.45, 7) is -0.263. The zero-order chi connectivity index (χ0) is 19.1. The van der Waals surface area contributed by atoms with Crippen molar-refractivity contribution >= 4 is 68.3 Å². The van der Waals surface area contributed by atoms with Crippen molar-refractivity contribution in [3.63, 3.8) is 0 Å². The number of hydrogen-bond donors (Lipinski definition) is 3. The summed E-state index contributed by atoms with van der Waals surface area (Å²) in [4.78, 5) is 23.7. The highest BCUT2D eigenvalue weighted by atomic mass is 79.9. The van der Waals surface area contributed by atoms with E-state index in [0.29, 0.717) is 25.8 Å². The van der Waals surface area contributed by atoms with Crippen LogP contribution in [0.1, 0.15) is 10.4 Å². The number of ether oxygens (including phenoxy) is 1. The molecule has 26 heavy (non-hydrogen) atoms. The Kier molecular flexibility index (Phi) is 7.65. The molecular formula is C16H12BrCl2N3O3S. The van der Waals surface area contributed by atoms with E-state index >= 15 is 0 Å². The molecule has 2 amide bonds. The van der Waals surface area contributed by atoms with E-state index in [4.69, 9.17) is 40.2 Å². The molecule has 0 atom stereocenters. The van der Waals surface area contributed by atoms with Crippen LogP contribution in [0.5, 0.6) is 5.75 Å². The minimum atomic E-state index is -0.491. The number of rotatable bonds is 4. The van der Waals surface area contributed by atoms with Crippen molar-refractivity contribution in [3.05, 3.63) is 62.5 Å². The first-order valence-electron chi connectivity index (χ1n) is 7.09. The van der Waals surface area contributed by atoms with Gasteiger partial charge in [0, 0.05) is 15.6 Å². The second kappa shape index (κ2) is 9.72. The number of halogens is 3. The lowest BCUT2D eigenvalue weighted by atomic mass is 10.2. The van der Waals surface area contributed by atoms with Crippen molar-refractivity contribution < 1.29 is 14.3 Å². The second-order valence-electron chi connectivity index (χ2n) is 4.83. The molecular weight excluding hydrogens is 465 g/mol. The van der Waals surface area contributed by atoms with Gasteiger partial charge in [0.2, 0.25) is 0 Å². The molecule has 2 aromatic rings. The highest BCUT2D eigenvalue weighted by molar-refractivity contribution is 9.10. The predicted octanol–water partition coefficient (Wildman–Crippen LogP) is 3.47. The van der Waals surface area contributed by atoms with E-state index in [1.54, 1.807) is 42.5 Å². The van der Waals surface area contributed by atoms with E-state index in [2.05, 4.69) is 32.1 Å². The van der Waals surface area contributed by atoms with Crippen LogP contribution in [0.25, 0.3) is 0 Å². The van der Waals surface area contributed by atoms with Crippen LogP contribution in [0.2, 0.25) is 10.0 Å². The quantitative estimate of drug-likeness (QED) is 0.465. The number of nitrogens with one attached hydrogen (secondary N) is 3. The van der Waals surface area contributed by atoms with Gasteiger partial charge in [-0.25, -0.2) is 0 Å². The summed E-state index contributed by atoms with van der Waals surface area (Å²) in [5.74, 6) is -0.465. The minimum Gasteiger partial charge on any atom is -0.483 e. The van der Waals surface area contributed by atoms with Crippen LogP contribution >= 0.6 is 51.3 Å². The van der Waals surface area contributed by atoms with Gasteiger partial charge in [0.15, 0.2) is 11.7 Å². The number of carbonyl (C=O) groups is 2. The second-order valence-corrected chi connectivity index (χ2v) is 6.96. The van der Waals surface area contributed by atoms with Gasteiger partial charge in [-0.3, -0.25) is 25.8 Å². The molecule has 0 saturated carbocycles. The average Bonchev–Trinajstić information content (AvgIpc) is 2.59. The molecule has 0 spiro atoms. The van der Waals surface area contributed by atoms with Gasteiger partial charge in [-0.2, -0.15) is 0 Å². The monoisotopic (exact) mass is 475 g/mol. The summed E-state index contributed by atoms with van der Waals surface area (Å²) >= 11 is 19.8. The Balaban J connectivity index is 1.75. The number of carbonyl (C=O) groups excluding carboxylic acids is 2. The van der Waals surface area contributed by atoms with Gasteiger partial charge >= 0.3 is 0 Å². The molecule has 0 heterocycles. The normalized spacial score (nSPS) is 9.96. The Bertz CT molecular complexity index is 834. The summed E-state index contributed by atoms with van der Waals surface area (Å²) in [5, 5.41) is 3.41. The fourth-order valence-electron chi connectivity index (χ4n) is 1.71. The molecule has 6 nitrogen and oxygen atoms in total. The summed E-state index contributed by atoms with van der Waals surface area (Å²) in [5.41, 5.74) is 5.11. The van der Waals surface area contributed by atoms with Crippen molar-refractivity contribution in [2.45, 2.75) is 0 Å². The van der Waals surface area contributed by atoms with Crippen molar-refractivity contribution in [2.75, 3.05) is 6.61 Å². The molecule has 0 unspecified atom stereocenters. The SMILES string of the molecule is O=C(COc1ccc(Cl)cc1Br)NNC(=S)NC(=O)c1ccc(Cl)cc1. The van der Waals surface area contributed by atoms with E-state index in [9.17, 15) is 9.59 Å². The molecule has 136 valence electrons. The summed E-state index contributed by atoms with van der Waals surface area (Å²) in [7, 11) is 0. The Hall–Kier alpha value is -1.87. The molecule has 2 rings (SSSR count). The molecule has 0 aromatic heterocycles. The van der Waals surface area contributed by atoms with Gasteiger partial charge in [0.25, 0.3) is 11.8 Å². The fourth-order valence-corrected chi connectivity index (χ4v) is 2.77. The van der Waals surface area contributed by atoms with Gasteiger partial charge in [0.1, 0.15) is 5.75 Å². The van der Waals surface area contributed by atoms with Gasteiger partial charge in [0.05, 0.1) is 4.47 Å². The Morgan fingerprint density at radius 1 is 1.04 bits per heavy atom. The van der Waals surface area contributed by atoms with E-state index in [1.165, 1.54) is 0 Å². The maximum atomic E-state index is 12.0. The molecule has 0 radical (unpaired) electrons. The lowest BCUT2D eigenvalue weighted by Gasteiger charge is -2.12. The third kappa shape index (κ3) is 6.45. The maximum Gasteiger partial charge on any atom is 0.276 e. The Morgan fingerprint density at radius 3 is 2.35 bits per heavy atom. The molecule has 3 N–H and O–H groups in total. The van der Waals surface area contributed by atoms with E-state index in [1.807, 2.05) is 0 Å². The molecule has 0 bridgehead atoms.